The smallest absolute Gasteiger partial charge is 0.341 e. The van der Waals surface area contributed by atoms with Gasteiger partial charge in [0.25, 0.3) is 0 Å². The van der Waals surface area contributed by atoms with Crippen LogP contribution in [0.25, 0.3) is 22.3 Å². The van der Waals surface area contributed by atoms with Crippen LogP contribution in [-0.2, 0) is 24.0 Å². The van der Waals surface area contributed by atoms with Crippen molar-refractivity contribution in [3.05, 3.63) is 40.6 Å². The zero-order chi connectivity index (χ0) is 31.0. The lowest BCUT2D eigenvalue weighted by Crippen LogP contribution is -2.18. The van der Waals surface area contributed by atoms with Crippen LogP contribution in [0.5, 0.6) is 28.7 Å². The molecule has 0 atom stereocenters. The SMILES string of the molecule is O=C(O)COc1cc(OCC(=O)O)c2c(=O)c(OCC(=O)O)c(-c3ccc(OCC(=O)O)c(OCC(=O)O)c3)oc2c1. The molecule has 0 amide bonds. The number of ether oxygens (including phenoxy) is 5. The van der Waals surface area contributed by atoms with E-state index in [-0.39, 0.29) is 28.4 Å². The van der Waals surface area contributed by atoms with Gasteiger partial charge in [0.15, 0.2) is 50.3 Å². The molecule has 3 rings (SSSR count). The van der Waals surface area contributed by atoms with Gasteiger partial charge in [0.1, 0.15) is 22.5 Å². The molecule has 0 bridgehead atoms. The first kappa shape index (κ1) is 30.5. The zero-order valence-corrected chi connectivity index (χ0v) is 21.1. The van der Waals surface area contributed by atoms with Crippen molar-refractivity contribution < 1.29 is 77.6 Å². The lowest BCUT2D eigenvalue weighted by molar-refractivity contribution is -0.140. The second-order valence-corrected chi connectivity index (χ2v) is 7.96. The summed E-state index contributed by atoms with van der Waals surface area (Å²) in [4.78, 5) is 68.9. The van der Waals surface area contributed by atoms with Crippen molar-refractivity contribution in [3.8, 4) is 40.1 Å². The average Bonchev–Trinajstić information content (AvgIpc) is 2.91. The van der Waals surface area contributed by atoms with Crippen molar-refractivity contribution in [1.82, 2.24) is 0 Å². The molecule has 17 heteroatoms. The minimum atomic E-state index is -1.48. The minimum Gasteiger partial charge on any atom is -0.482 e. The first-order valence-corrected chi connectivity index (χ1v) is 11.4. The third-order valence-electron chi connectivity index (χ3n) is 4.85. The molecule has 42 heavy (non-hydrogen) atoms. The van der Waals surface area contributed by atoms with Gasteiger partial charge in [-0.3, -0.25) is 4.79 Å². The number of fused-ring (bicyclic) bond motifs is 1. The van der Waals surface area contributed by atoms with Gasteiger partial charge in [-0.15, -0.1) is 0 Å². The highest BCUT2D eigenvalue weighted by molar-refractivity contribution is 5.89. The Bertz CT molecular complexity index is 1600. The van der Waals surface area contributed by atoms with E-state index < -0.39 is 91.0 Å². The lowest BCUT2D eigenvalue weighted by atomic mass is 10.1. The molecule has 5 N–H and O–H groups in total. The third kappa shape index (κ3) is 8.01. The Labute approximate surface area is 232 Å². The summed E-state index contributed by atoms with van der Waals surface area (Å²) in [5.41, 5.74) is -1.43. The molecule has 0 aliphatic rings. The van der Waals surface area contributed by atoms with E-state index in [4.69, 9.17) is 53.6 Å². The quantitative estimate of drug-likeness (QED) is 0.154. The molecule has 0 radical (unpaired) electrons. The monoisotopic (exact) mass is 592 g/mol. The minimum absolute atomic E-state index is 0.0673. The van der Waals surface area contributed by atoms with Gasteiger partial charge in [-0.05, 0) is 18.2 Å². The fourth-order valence-electron chi connectivity index (χ4n) is 3.34. The van der Waals surface area contributed by atoms with Gasteiger partial charge in [0, 0.05) is 17.7 Å². The molecule has 3 aromatic rings. The summed E-state index contributed by atoms with van der Waals surface area (Å²) in [5.74, 6) is -9.26. The molecule has 0 aliphatic heterocycles. The number of hydrogen-bond acceptors (Lipinski definition) is 12. The highest BCUT2D eigenvalue weighted by Gasteiger charge is 2.24. The van der Waals surface area contributed by atoms with E-state index in [1.165, 1.54) is 6.07 Å². The molecule has 1 aromatic heterocycles. The molecule has 0 spiro atoms. The van der Waals surface area contributed by atoms with Crippen LogP contribution >= 0.6 is 0 Å². The molecule has 2 aromatic carbocycles. The summed E-state index contributed by atoms with van der Waals surface area (Å²) in [5, 5.41) is 44.6. The molecule has 0 unspecified atom stereocenters. The van der Waals surface area contributed by atoms with Crippen molar-refractivity contribution in [2.75, 3.05) is 33.0 Å². The largest absolute Gasteiger partial charge is 0.482 e. The Morgan fingerprint density at radius 2 is 1.10 bits per heavy atom. The van der Waals surface area contributed by atoms with E-state index in [1.807, 2.05) is 0 Å². The van der Waals surface area contributed by atoms with Gasteiger partial charge >= 0.3 is 29.8 Å². The van der Waals surface area contributed by atoms with Gasteiger partial charge in [-0.25, -0.2) is 24.0 Å². The van der Waals surface area contributed by atoms with E-state index in [9.17, 15) is 28.8 Å². The van der Waals surface area contributed by atoms with Crippen molar-refractivity contribution in [1.29, 1.82) is 0 Å². The van der Waals surface area contributed by atoms with Crippen LogP contribution in [-0.4, -0.2) is 88.4 Å². The summed E-state index contributed by atoms with van der Waals surface area (Å²) in [6.07, 6.45) is 0. The third-order valence-corrected chi connectivity index (χ3v) is 4.85. The average molecular weight is 592 g/mol. The van der Waals surface area contributed by atoms with E-state index in [1.54, 1.807) is 0 Å². The predicted molar refractivity (Wildman–Crippen MR) is 134 cm³/mol. The number of carbonyl (C=O) groups is 5. The van der Waals surface area contributed by atoms with Crippen LogP contribution in [0, 0.1) is 0 Å². The molecule has 222 valence electrons. The summed E-state index contributed by atoms with van der Waals surface area (Å²) in [6.45, 7) is -4.50. The molecule has 0 saturated heterocycles. The van der Waals surface area contributed by atoms with E-state index in [0.29, 0.717) is 0 Å². The second kappa shape index (κ2) is 13.4. The van der Waals surface area contributed by atoms with Gasteiger partial charge in [0.05, 0.1) is 0 Å². The van der Waals surface area contributed by atoms with Crippen LogP contribution in [0.15, 0.2) is 39.5 Å². The number of aliphatic carboxylic acids is 5. The van der Waals surface area contributed by atoms with Gasteiger partial charge in [-0.1, -0.05) is 0 Å². The number of carboxylic acids is 5. The molecule has 1 heterocycles. The van der Waals surface area contributed by atoms with E-state index >= 15 is 0 Å². The van der Waals surface area contributed by atoms with Crippen LogP contribution in [0.1, 0.15) is 0 Å². The fraction of sp³-hybridized carbons (Fsp3) is 0.200. The standard InChI is InChI=1S/C25H20O17/c26-17(27)6-37-12-4-15(40-9-20(32)33)22-16(5-12)42-24(25(23(22)36)41-10-21(34)35)11-1-2-13(38-7-18(28)29)14(3-11)39-8-19(30)31/h1-5H,6-10H2,(H,26,27)(H,28,29)(H,30,31)(H,32,33)(H,34,35). The highest BCUT2D eigenvalue weighted by Crippen LogP contribution is 2.39. The first-order valence-electron chi connectivity index (χ1n) is 11.4. The highest BCUT2D eigenvalue weighted by atomic mass is 16.5. The Kier molecular flexibility index (Phi) is 9.73. The number of benzene rings is 2. The van der Waals surface area contributed by atoms with Crippen LogP contribution in [0.2, 0.25) is 0 Å². The number of hydrogen-bond donors (Lipinski definition) is 5. The second-order valence-electron chi connectivity index (χ2n) is 7.96. The summed E-state index contributed by atoms with van der Waals surface area (Å²) in [7, 11) is 0. The first-order chi connectivity index (χ1) is 19.8. The maximum absolute atomic E-state index is 13.6. The molecule has 0 saturated carbocycles. The van der Waals surface area contributed by atoms with Crippen molar-refractivity contribution in [2.45, 2.75) is 0 Å². The van der Waals surface area contributed by atoms with Gasteiger partial charge < -0.3 is 53.6 Å². The Morgan fingerprint density at radius 3 is 1.67 bits per heavy atom. The van der Waals surface area contributed by atoms with Crippen LogP contribution < -0.4 is 29.1 Å². The summed E-state index contributed by atoms with van der Waals surface area (Å²) >= 11 is 0. The normalized spacial score (nSPS) is 10.5. The van der Waals surface area contributed by atoms with E-state index in [0.717, 1.165) is 24.3 Å². The fourth-order valence-corrected chi connectivity index (χ4v) is 3.34. The Balaban J connectivity index is 2.28. The summed E-state index contributed by atoms with van der Waals surface area (Å²) in [6, 6.07) is 5.61. The van der Waals surface area contributed by atoms with Crippen molar-refractivity contribution in [2.24, 2.45) is 0 Å². The summed E-state index contributed by atoms with van der Waals surface area (Å²) < 4.78 is 31.6. The predicted octanol–water partition coefficient (Wildman–Crippen LogP) is 0.777. The molecule has 0 aliphatic carbocycles. The van der Waals surface area contributed by atoms with Crippen LogP contribution in [0.4, 0.5) is 0 Å². The number of carboxylic acid groups (broad SMARTS) is 5. The molecular weight excluding hydrogens is 572 g/mol. The number of rotatable bonds is 16. The van der Waals surface area contributed by atoms with Crippen molar-refractivity contribution >= 4 is 40.8 Å². The lowest BCUT2D eigenvalue weighted by Gasteiger charge is -2.16. The van der Waals surface area contributed by atoms with E-state index in [2.05, 4.69) is 0 Å². The topological polar surface area (TPSA) is 263 Å². The molecule has 17 nitrogen and oxygen atoms in total. The molecular formula is C25H20O17. The van der Waals surface area contributed by atoms with Gasteiger partial charge in [-0.2, -0.15) is 0 Å². The van der Waals surface area contributed by atoms with Crippen LogP contribution in [0.3, 0.4) is 0 Å². The Hall–Kier alpha value is -6.00. The maximum Gasteiger partial charge on any atom is 0.341 e. The van der Waals surface area contributed by atoms with Crippen molar-refractivity contribution in [3.63, 3.8) is 0 Å². The Morgan fingerprint density at radius 1 is 0.595 bits per heavy atom. The van der Waals surface area contributed by atoms with Gasteiger partial charge in [0.2, 0.25) is 11.2 Å². The maximum atomic E-state index is 13.6. The molecule has 0 fully saturated rings. The zero-order valence-electron chi connectivity index (χ0n) is 21.1.